The van der Waals surface area contributed by atoms with Crippen LogP contribution in [0.15, 0.2) is 0 Å². The van der Waals surface area contributed by atoms with Crippen LogP contribution in [0.2, 0.25) is 0 Å². The van der Waals surface area contributed by atoms with Crippen molar-refractivity contribution in [3.63, 3.8) is 0 Å². The molecule has 0 spiro atoms. The molecule has 0 aromatic rings. The zero-order chi connectivity index (χ0) is 7.40. The van der Waals surface area contributed by atoms with Gasteiger partial charge in [0, 0.05) is 6.54 Å². The van der Waals surface area contributed by atoms with E-state index in [2.05, 4.69) is 11.6 Å². The van der Waals surface area contributed by atoms with Crippen LogP contribution in [0.25, 0.3) is 0 Å². The molecule has 0 amide bonds. The maximum Gasteiger partial charge on any atom is 0.0668 e. The Morgan fingerprint density at radius 2 is 2.40 bits per heavy atom. The molecule has 2 atom stereocenters. The lowest BCUT2D eigenvalue weighted by Gasteiger charge is -2.25. The first-order chi connectivity index (χ1) is 4.83. The summed E-state index contributed by atoms with van der Waals surface area (Å²) in [6, 6.07) is 0. The number of aliphatic hydroxyl groups is 1. The van der Waals surface area contributed by atoms with Gasteiger partial charge in [0.25, 0.3) is 0 Å². The van der Waals surface area contributed by atoms with Gasteiger partial charge in [-0.2, -0.15) is 11.8 Å². The van der Waals surface area contributed by atoms with Gasteiger partial charge in [0.05, 0.1) is 6.10 Å². The number of piperidine rings is 1. The Morgan fingerprint density at radius 1 is 1.60 bits per heavy atom. The number of thioether (sulfide) groups is 1. The second kappa shape index (κ2) is 4.21. The van der Waals surface area contributed by atoms with E-state index in [0.29, 0.717) is 5.92 Å². The molecular weight excluding hydrogens is 146 g/mol. The molecule has 1 aliphatic heterocycles. The second-order valence-corrected chi connectivity index (χ2v) is 3.78. The molecule has 0 saturated carbocycles. The molecule has 2 N–H and O–H groups in total. The number of rotatable bonds is 2. The lowest BCUT2D eigenvalue weighted by molar-refractivity contribution is 0.120. The summed E-state index contributed by atoms with van der Waals surface area (Å²) in [4.78, 5) is 0. The highest BCUT2D eigenvalue weighted by atomic mass is 32.2. The van der Waals surface area contributed by atoms with Crippen LogP contribution in [0, 0.1) is 5.92 Å². The van der Waals surface area contributed by atoms with Crippen LogP contribution in [0.4, 0.5) is 0 Å². The van der Waals surface area contributed by atoms with Gasteiger partial charge in [-0.15, -0.1) is 0 Å². The van der Waals surface area contributed by atoms with Crippen molar-refractivity contribution in [3.05, 3.63) is 0 Å². The van der Waals surface area contributed by atoms with E-state index in [0.717, 1.165) is 19.5 Å². The molecule has 0 aromatic heterocycles. The van der Waals surface area contributed by atoms with Crippen molar-refractivity contribution in [2.24, 2.45) is 5.92 Å². The Hall–Kier alpha value is 0.270. The summed E-state index contributed by atoms with van der Waals surface area (Å²) in [5, 5.41) is 12.4. The first-order valence-corrected chi connectivity index (χ1v) is 5.10. The maximum absolute atomic E-state index is 9.23. The Balaban J connectivity index is 2.18. The Kier molecular flexibility index (Phi) is 3.52. The Morgan fingerprint density at radius 3 is 3.00 bits per heavy atom. The summed E-state index contributed by atoms with van der Waals surface area (Å²) in [5.41, 5.74) is 0. The molecule has 1 aliphatic rings. The van der Waals surface area contributed by atoms with Gasteiger partial charge in [-0.3, -0.25) is 0 Å². The fourth-order valence-corrected chi connectivity index (χ4v) is 2.09. The predicted octanol–water partition coefficient (Wildman–Crippen LogP) is 0.320. The standard InChI is InChI=1S/C7H15NOS/c1-10-5-6-2-7(9)4-8-3-6/h6-9H,2-5H2,1H3. The second-order valence-electron chi connectivity index (χ2n) is 2.87. The largest absolute Gasteiger partial charge is 0.392 e. The van der Waals surface area contributed by atoms with Crippen molar-refractivity contribution < 1.29 is 5.11 Å². The lowest BCUT2D eigenvalue weighted by atomic mass is 10.00. The van der Waals surface area contributed by atoms with Crippen molar-refractivity contribution in [1.29, 1.82) is 0 Å². The minimum absolute atomic E-state index is 0.106. The van der Waals surface area contributed by atoms with Gasteiger partial charge >= 0.3 is 0 Å². The van der Waals surface area contributed by atoms with Gasteiger partial charge < -0.3 is 10.4 Å². The molecule has 3 heteroatoms. The fourth-order valence-electron chi connectivity index (χ4n) is 1.37. The minimum atomic E-state index is -0.106. The molecule has 60 valence electrons. The number of nitrogens with one attached hydrogen (secondary N) is 1. The zero-order valence-electron chi connectivity index (χ0n) is 6.34. The third-order valence-corrected chi connectivity index (χ3v) is 2.63. The van der Waals surface area contributed by atoms with Crippen LogP contribution in [-0.2, 0) is 0 Å². The van der Waals surface area contributed by atoms with Gasteiger partial charge in [-0.1, -0.05) is 0 Å². The normalized spacial score (nSPS) is 34.2. The fraction of sp³-hybridized carbons (Fsp3) is 1.00. The molecule has 1 saturated heterocycles. The molecule has 2 unspecified atom stereocenters. The number of hydrogen-bond donors (Lipinski definition) is 2. The van der Waals surface area contributed by atoms with E-state index in [1.165, 1.54) is 5.75 Å². The molecule has 0 radical (unpaired) electrons. The highest BCUT2D eigenvalue weighted by Crippen LogP contribution is 2.14. The van der Waals surface area contributed by atoms with Crippen LogP contribution in [0.3, 0.4) is 0 Å². The summed E-state index contributed by atoms with van der Waals surface area (Å²) < 4.78 is 0. The molecule has 1 fully saturated rings. The van der Waals surface area contributed by atoms with E-state index in [4.69, 9.17) is 0 Å². The molecule has 10 heavy (non-hydrogen) atoms. The molecule has 0 aromatic carbocycles. The van der Waals surface area contributed by atoms with E-state index < -0.39 is 0 Å². The predicted molar refractivity (Wildman–Crippen MR) is 45.4 cm³/mol. The maximum atomic E-state index is 9.23. The minimum Gasteiger partial charge on any atom is -0.392 e. The third kappa shape index (κ3) is 2.48. The molecule has 1 heterocycles. The van der Waals surface area contributed by atoms with Crippen molar-refractivity contribution in [1.82, 2.24) is 5.32 Å². The quantitative estimate of drug-likeness (QED) is 0.612. The average molecular weight is 161 g/mol. The molecule has 0 aliphatic carbocycles. The highest BCUT2D eigenvalue weighted by Gasteiger charge is 2.18. The van der Waals surface area contributed by atoms with Crippen LogP contribution in [0.5, 0.6) is 0 Å². The lowest BCUT2D eigenvalue weighted by Crippen LogP contribution is -2.40. The van der Waals surface area contributed by atoms with Crippen LogP contribution in [-0.4, -0.2) is 36.3 Å². The van der Waals surface area contributed by atoms with E-state index in [1.54, 1.807) is 0 Å². The van der Waals surface area contributed by atoms with Crippen LogP contribution < -0.4 is 5.32 Å². The third-order valence-electron chi connectivity index (χ3n) is 1.82. The number of hydrogen-bond acceptors (Lipinski definition) is 3. The van der Waals surface area contributed by atoms with Gasteiger partial charge in [0.2, 0.25) is 0 Å². The van der Waals surface area contributed by atoms with Crippen molar-refractivity contribution in [2.45, 2.75) is 12.5 Å². The average Bonchev–Trinajstić information content (AvgIpc) is 1.88. The molecule has 0 bridgehead atoms. The summed E-state index contributed by atoms with van der Waals surface area (Å²) in [7, 11) is 0. The topological polar surface area (TPSA) is 32.3 Å². The van der Waals surface area contributed by atoms with Crippen LogP contribution >= 0.6 is 11.8 Å². The summed E-state index contributed by atoms with van der Waals surface area (Å²) in [5.74, 6) is 1.85. The first kappa shape index (κ1) is 8.37. The van der Waals surface area contributed by atoms with E-state index in [1.807, 2.05) is 11.8 Å². The molecular formula is C7H15NOS. The van der Waals surface area contributed by atoms with Crippen molar-refractivity contribution >= 4 is 11.8 Å². The monoisotopic (exact) mass is 161 g/mol. The van der Waals surface area contributed by atoms with E-state index in [-0.39, 0.29) is 6.10 Å². The summed E-state index contributed by atoms with van der Waals surface area (Å²) in [6.07, 6.45) is 2.99. The summed E-state index contributed by atoms with van der Waals surface area (Å²) >= 11 is 1.86. The summed E-state index contributed by atoms with van der Waals surface area (Å²) in [6.45, 7) is 1.86. The van der Waals surface area contributed by atoms with Gasteiger partial charge in [-0.05, 0) is 30.9 Å². The van der Waals surface area contributed by atoms with Crippen molar-refractivity contribution in [3.8, 4) is 0 Å². The van der Waals surface area contributed by atoms with E-state index in [9.17, 15) is 5.11 Å². The Labute approximate surface area is 66.4 Å². The number of β-amino-alcohol motifs (C(OH)–C–C–N with tert-alkyl or cyclic N) is 1. The number of aliphatic hydroxyl groups excluding tert-OH is 1. The van der Waals surface area contributed by atoms with Gasteiger partial charge in [-0.25, -0.2) is 0 Å². The Bertz CT molecular complexity index is 97.6. The SMILES string of the molecule is CSCC1CNCC(O)C1. The smallest absolute Gasteiger partial charge is 0.0668 e. The highest BCUT2D eigenvalue weighted by molar-refractivity contribution is 7.98. The van der Waals surface area contributed by atoms with Crippen molar-refractivity contribution in [2.75, 3.05) is 25.1 Å². The van der Waals surface area contributed by atoms with Crippen LogP contribution in [0.1, 0.15) is 6.42 Å². The van der Waals surface area contributed by atoms with Gasteiger partial charge in [0.1, 0.15) is 0 Å². The molecule has 1 rings (SSSR count). The van der Waals surface area contributed by atoms with E-state index >= 15 is 0 Å². The zero-order valence-corrected chi connectivity index (χ0v) is 7.16. The molecule has 2 nitrogen and oxygen atoms in total. The first-order valence-electron chi connectivity index (χ1n) is 3.70. The van der Waals surface area contributed by atoms with Gasteiger partial charge in [0.15, 0.2) is 0 Å².